The first kappa shape index (κ1) is 20.0. The fourth-order valence-electron chi connectivity index (χ4n) is 4.41. The maximum atomic E-state index is 12.8. The van der Waals surface area contributed by atoms with Gasteiger partial charge in [0.25, 0.3) is 5.91 Å². The highest BCUT2D eigenvalue weighted by Gasteiger charge is 2.50. The molecule has 2 aliphatic heterocycles. The zero-order valence-corrected chi connectivity index (χ0v) is 17.0. The van der Waals surface area contributed by atoms with Gasteiger partial charge in [-0.15, -0.1) is 0 Å². The molecule has 1 saturated heterocycles. The number of benzene rings is 2. The van der Waals surface area contributed by atoms with Crippen molar-refractivity contribution in [1.82, 2.24) is 10.6 Å². The molecular weight excluding hydrogens is 414 g/mol. The summed E-state index contributed by atoms with van der Waals surface area (Å²) in [7, 11) is 0. The van der Waals surface area contributed by atoms with Crippen molar-refractivity contribution in [3.63, 3.8) is 0 Å². The van der Waals surface area contributed by atoms with Crippen LogP contribution in [0.2, 0.25) is 0 Å². The fraction of sp³-hybridized carbons (Fsp3) is 0.273. The Morgan fingerprint density at radius 3 is 2.75 bits per heavy atom. The maximum Gasteiger partial charge on any atom is 0.322 e. The molecule has 0 aromatic heterocycles. The molecule has 1 fully saturated rings. The van der Waals surface area contributed by atoms with Gasteiger partial charge in [0.15, 0.2) is 0 Å². The van der Waals surface area contributed by atoms with Gasteiger partial charge in [0.1, 0.15) is 30.5 Å². The Morgan fingerprint density at radius 2 is 1.97 bits per heavy atom. The molecule has 2 aromatic rings. The van der Waals surface area contributed by atoms with Gasteiger partial charge < -0.3 is 21.1 Å². The lowest BCUT2D eigenvalue weighted by Crippen LogP contribution is -2.47. The fourth-order valence-corrected chi connectivity index (χ4v) is 4.41. The van der Waals surface area contributed by atoms with Crippen LogP contribution in [0.25, 0.3) is 0 Å². The van der Waals surface area contributed by atoms with Crippen molar-refractivity contribution in [3.05, 3.63) is 53.6 Å². The van der Waals surface area contributed by atoms with Gasteiger partial charge in [-0.1, -0.05) is 18.2 Å². The van der Waals surface area contributed by atoms with E-state index in [1.807, 2.05) is 6.07 Å². The summed E-state index contributed by atoms with van der Waals surface area (Å²) < 4.78 is 5.59. The predicted octanol–water partition coefficient (Wildman–Crippen LogP) is 1.04. The summed E-state index contributed by atoms with van der Waals surface area (Å²) in [5.41, 5.74) is 7.75. The minimum absolute atomic E-state index is 0. The summed E-state index contributed by atoms with van der Waals surface area (Å²) in [6.07, 6.45) is 0.735. The van der Waals surface area contributed by atoms with Crippen LogP contribution in [-0.4, -0.2) is 48.5 Å². The van der Waals surface area contributed by atoms with E-state index < -0.39 is 29.4 Å². The number of carbonyl (C=O) groups excluding carboxylic acids is 4. The second-order valence-corrected chi connectivity index (χ2v) is 8.19. The van der Waals surface area contributed by atoms with Gasteiger partial charge in [0.05, 0.1) is 5.69 Å². The Kier molecular flexibility index (Phi) is 4.59. The van der Waals surface area contributed by atoms with E-state index in [0.29, 0.717) is 30.0 Å². The molecule has 1 spiro atoms. The van der Waals surface area contributed by atoms with Crippen molar-refractivity contribution in [2.24, 2.45) is 5.73 Å². The van der Waals surface area contributed by atoms with Gasteiger partial charge in [-0.25, -0.2) is 4.79 Å². The SMILES string of the molecule is NC1COc2ccccc2N(CC(=O)Nc2ccc3c(c2)CC2(C3)NC(=O)NC2=O)C1=O.[HH].[HH].[HH].[HH]. The molecule has 2 unspecified atom stereocenters. The molecular formula is C22H29N5O5. The molecule has 3 aliphatic rings. The highest BCUT2D eigenvalue weighted by molar-refractivity contribution is 6.08. The lowest BCUT2D eigenvalue weighted by Gasteiger charge is -2.22. The minimum Gasteiger partial charge on any atom is -0.489 e. The highest BCUT2D eigenvalue weighted by Crippen LogP contribution is 2.34. The summed E-state index contributed by atoms with van der Waals surface area (Å²) in [5.74, 6) is -0.659. The minimum atomic E-state index is -0.972. The molecule has 2 atom stereocenters. The third-order valence-corrected chi connectivity index (χ3v) is 5.95. The second-order valence-electron chi connectivity index (χ2n) is 8.19. The van der Waals surface area contributed by atoms with Crippen LogP contribution in [-0.2, 0) is 27.2 Å². The van der Waals surface area contributed by atoms with Crippen LogP contribution in [0, 0.1) is 0 Å². The van der Waals surface area contributed by atoms with Crippen molar-refractivity contribution in [3.8, 4) is 5.75 Å². The highest BCUT2D eigenvalue weighted by atomic mass is 16.5. The Hall–Kier alpha value is -3.92. The topological polar surface area (TPSA) is 143 Å². The van der Waals surface area contributed by atoms with E-state index >= 15 is 0 Å². The van der Waals surface area contributed by atoms with E-state index in [2.05, 4.69) is 16.0 Å². The molecule has 10 nitrogen and oxygen atoms in total. The number of hydrogen-bond donors (Lipinski definition) is 4. The number of fused-ring (bicyclic) bond motifs is 2. The first-order valence-electron chi connectivity index (χ1n) is 10.2. The molecule has 0 saturated carbocycles. The average Bonchev–Trinajstić information content (AvgIpc) is 3.23. The number of nitrogens with zero attached hydrogens (tertiary/aromatic N) is 1. The van der Waals surface area contributed by atoms with Crippen molar-refractivity contribution in [2.75, 3.05) is 23.4 Å². The van der Waals surface area contributed by atoms with Gasteiger partial charge in [-0.2, -0.15) is 0 Å². The molecule has 5 N–H and O–H groups in total. The molecule has 5 amide bonds. The molecule has 5 rings (SSSR count). The number of urea groups is 1. The van der Waals surface area contributed by atoms with Crippen molar-refractivity contribution in [1.29, 1.82) is 0 Å². The van der Waals surface area contributed by atoms with Crippen LogP contribution in [0.3, 0.4) is 0 Å². The molecule has 0 bridgehead atoms. The molecule has 1 aliphatic carbocycles. The molecule has 172 valence electrons. The smallest absolute Gasteiger partial charge is 0.322 e. The Labute approximate surface area is 189 Å². The molecule has 2 heterocycles. The van der Waals surface area contributed by atoms with E-state index in [0.717, 1.165) is 11.1 Å². The van der Waals surface area contributed by atoms with Crippen LogP contribution < -0.4 is 31.3 Å². The van der Waals surface area contributed by atoms with Gasteiger partial charge >= 0.3 is 6.03 Å². The second kappa shape index (κ2) is 7.34. The Bertz CT molecular complexity index is 1180. The molecule has 2 aromatic carbocycles. The predicted molar refractivity (Wildman–Crippen MR) is 123 cm³/mol. The third-order valence-electron chi connectivity index (χ3n) is 5.95. The van der Waals surface area contributed by atoms with Crippen LogP contribution in [0.4, 0.5) is 16.2 Å². The normalized spacial score (nSPS) is 23.7. The quantitative estimate of drug-likeness (QED) is 0.522. The number of imide groups is 1. The number of carbonyl (C=O) groups is 4. The van der Waals surface area contributed by atoms with Gasteiger partial charge in [-0.05, 0) is 35.4 Å². The van der Waals surface area contributed by atoms with Crippen LogP contribution in [0.15, 0.2) is 42.5 Å². The van der Waals surface area contributed by atoms with Crippen LogP contribution in [0.5, 0.6) is 5.75 Å². The number of nitrogens with two attached hydrogens (primary N) is 1. The zero-order valence-electron chi connectivity index (χ0n) is 17.0. The largest absolute Gasteiger partial charge is 0.489 e. The van der Waals surface area contributed by atoms with Crippen molar-refractivity contribution >= 4 is 35.1 Å². The number of rotatable bonds is 3. The lowest BCUT2D eigenvalue weighted by molar-refractivity contribution is -0.123. The Balaban J connectivity index is 0.00000162. The number of amides is 5. The van der Waals surface area contributed by atoms with Crippen molar-refractivity contribution < 1.29 is 29.6 Å². The summed E-state index contributed by atoms with van der Waals surface area (Å²) in [5, 5.41) is 7.79. The maximum absolute atomic E-state index is 12.8. The number of para-hydroxylation sites is 2. The number of ether oxygens (including phenoxy) is 1. The molecule has 0 radical (unpaired) electrons. The van der Waals surface area contributed by atoms with E-state index in [1.54, 1.807) is 36.4 Å². The van der Waals surface area contributed by atoms with E-state index in [-0.39, 0.29) is 24.8 Å². The first-order chi connectivity index (χ1) is 15.3. The van der Waals surface area contributed by atoms with Gasteiger partial charge in [0.2, 0.25) is 11.8 Å². The summed E-state index contributed by atoms with van der Waals surface area (Å²) >= 11 is 0. The third kappa shape index (κ3) is 3.34. The van der Waals surface area contributed by atoms with E-state index in [1.165, 1.54) is 4.90 Å². The zero-order chi connectivity index (χ0) is 22.5. The number of hydrogen-bond acceptors (Lipinski definition) is 6. The number of nitrogens with one attached hydrogen (secondary N) is 3. The lowest BCUT2D eigenvalue weighted by atomic mass is 9.96. The van der Waals surface area contributed by atoms with Crippen LogP contribution >= 0.6 is 0 Å². The van der Waals surface area contributed by atoms with Crippen LogP contribution in [0.1, 0.15) is 16.8 Å². The average molecular weight is 444 g/mol. The molecule has 10 heteroatoms. The molecule has 32 heavy (non-hydrogen) atoms. The summed E-state index contributed by atoms with van der Waals surface area (Å²) in [6, 6.07) is 10.9. The van der Waals surface area contributed by atoms with Crippen molar-refractivity contribution in [2.45, 2.75) is 24.4 Å². The van der Waals surface area contributed by atoms with Gasteiger partial charge in [-0.3, -0.25) is 24.6 Å². The van der Waals surface area contributed by atoms with E-state index in [4.69, 9.17) is 10.5 Å². The summed E-state index contributed by atoms with van der Waals surface area (Å²) in [6.45, 7) is -0.197. The summed E-state index contributed by atoms with van der Waals surface area (Å²) in [4.78, 5) is 50.6. The standard InChI is InChI=1S/C22H21N5O5.4H2/c23-15-11-32-17-4-2-1-3-16(17)27(19(15)29)10-18(28)24-14-6-5-12-8-22(9-13(12)7-14)20(30)25-21(31)26-22;;;;/h1-7,15H,8-11,23H2,(H,24,28)(H2,25,26,30,31);4*1H. The van der Waals surface area contributed by atoms with E-state index in [9.17, 15) is 19.2 Å². The number of anilines is 2. The monoisotopic (exact) mass is 443 g/mol. The Morgan fingerprint density at radius 1 is 1.19 bits per heavy atom. The first-order valence-corrected chi connectivity index (χ1v) is 10.2. The van der Waals surface area contributed by atoms with Gasteiger partial charge in [0, 0.05) is 24.2 Å².